The number of hydrogen-bond donors (Lipinski definition) is 2. The van der Waals surface area contributed by atoms with E-state index in [0.29, 0.717) is 5.71 Å². The highest BCUT2D eigenvalue weighted by Crippen LogP contribution is 2.32. The number of aryl methyl sites for hydroxylation is 3. The van der Waals surface area contributed by atoms with E-state index in [0.717, 1.165) is 21.9 Å². The van der Waals surface area contributed by atoms with E-state index >= 15 is 0 Å². The SMILES string of the molecule is CCS/C(NC)=C1\C=CC=C(c2c(C)cc(C)cc2C)C1=N. The third-order valence-electron chi connectivity index (χ3n) is 3.77. The zero-order valence-corrected chi connectivity index (χ0v) is 14.8. The minimum Gasteiger partial charge on any atom is -0.382 e. The third kappa shape index (κ3) is 3.20. The van der Waals surface area contributed by atoms with Gasteiger partial charge in [-0.25, -0.2) is 0 Å². The van der Waals surface area contributed by atoms with Crippen LogP contribution in [0.4, 0.5) is 0 Å². The summed E-state index contributed by atoms with van der Waals surface area (Å²) < 4.78 is 0. The molecule has 2 N–H and O–H groups in total. The van der Waals surface area contributed by atoms with Gasteiger partial charge in [-0.1, -0.05) is 42.8 Å². The summed E-state index contributed by atoms with van der Waals surface area (Å²) in [5.74, 6) is 0.989. The number of nitrogens with one attached hydrogen (secondary N) is 2. The molecule has 1 aliphatic rings. The van der Waals surface area contributed by atoms with Crippen molar-refractivity contribution >= 4 is 23.0 Å². The fraction of sp³-hybridized carbons (Fsp3) is 0.316. The first-order chi connectivity index (χ1) is 10.5. The van der Waals surface area contributed by atoms with E-state index in [9.17, 15) is 0 Å². The molecule has 1 aromatic carbocycles. The van der Waals surface area contributed by atoms with Gasteiger partial charge in [-0.3, -0.25) is 5.41 Å². The van der Waals surface area contributed by atoms with Crippen LogP contribution in [0.1, 0.15) is 29.2 Å². The summed E-state index contributed by atoms with van der Waals surface area (Å²) in [5.41, 5.74) is 7.51. The van der Waals surface area contributed by atoms with Gasteiger partial charge in [-0.15, -0.1) is 11.8 Å². The second kappa shape index (κ2) is 7.01. The van der Waals surface area contributed by atoms with Crippen molar-refractivity contribution in [2.45, 2.75) is 27.7 Å². The molecule has 22 heavy (non-hydrogen) atoms. The molecule has 0 bridgehead atoms. The molecule has 0 amide bonds. The van der Waals surface area contributed by atoms with E-state index in [-0.39, 0.29) is 0 Å². The second-order valence-electron chi connectivity index (χ2n) is 5.51. The van der Waals surface area contributed by atoms with Crippen LogP contribution in [0, 0.1) is 26.2 Å². The van der Waals surface area contributed by atoms with E-state index in [1.807, 2.05) is 13.1 Å². The van der Waals surface area contributed by atoms with Gasteiger partial charge in [0.1, 0.15) is 0 Å². The summed E-state index contributed by atoms with van der Waals surface area (Å²) >= 11 is 1.74. The molecule has 0 fully saturated rings. The lowest BCUT2D eigenvalue weighted by Crippen LogP contribution is -2.15. The van der Waals surface area contributed by atoms with Gasteiger partial charge in [0.05, 0.1) is 10.7 Å². The lowest BCUT2D eigenvalue weighted by molar-refractivity contribution is 1.07. The fourth-order valence-corrected chi connectivity index (χ4v) is 3.74. The molecule has 0 atom stereocenters. The highest BCUT2D eigenvalue weighted by atomic mass is 32.2. The first-order valence-electron chi connectivity index (χ1n) is 7.60. The van der Waals surface area contributed by atoms with E-state index in [1.165, 1.54) is 22.3 Å². The first-order valence-corrected chi connectivity index (χ1v) is 8.58. The molecule has 0 saturated carbocycles. The van der Waals surface area contributed by atoms with Crippen LogP contribution in [0.3, 0.4) is 0 Å². The Kier molecular flexibility index (Phi) is 5.30. The van der Waals surface area contributed by atoms with Gasteiger partial charge in [0.2, 0.25) is 0 Å². The molecule has 0 radical (unpaired) electrons. The molecule has 2 rings (SSSR count). The average molecular weight is 312 g/mol. The van der Waals surface area contributed by atoms with Crippen molar-refractivity contribution in [3.05, 3.63) is 63.2 Å². The Hall–Kier alpha value is -1.74. The Morgan fingerprint density at radius 3 is 2.36 bits per heavy atom. The molecule has 1 aromatic rings. The Balaban J connectivity index is 2.53. The first kappa shape index (κ1) is 16.6. The zero-order valence-electron chi connectivity index (χ0n) is 14.0. The van der Waals surface area contributed by atoms with Crippen molar-refractivity contribution in [1.29, 1.82) is 5.41 Å². The molecule has 116 valence electrons. The van der Waals surface area contributed by atoms with Crippen LogP contribution < -0.4 is 5.32 Å². The maximum Gasteiger partial charge on any atom is 0.0774 e. The van der Waals surface area contributed by atoms with Gasteiger partial charge in [-0.2, -0.15) is 0 Å². The Morgan fingerprint density at radius 1 is 1.18 bits per heavy atom. The summed E-state index contributed by atoms with van der Waals surface area (Å²) in [6.07, 6.45) is 6.13. The van der Waals surface area contributed by atoms with Crippen molar-refractivity contribution in [2.24, 2.45) is 0 Å². The molecule has 2 nitrogen and oxygen atoms in total. The Morgan fingerprint density at radius 2 is 1.82 bits per heavy atom. The molecule has 0 spiro atoms. The number of rotatable bonds is 4. The largest absolute Gasteiger partial charge is 0.382 e. The second-order valence-corrected chi connectivity index (χ2v) is 6.79. The van der Waals surface area contributed by atoms with Gasteiger partial charge in [0, 0.05) is 18.2 Å². The minimum atomic E-state index is 0.600. The number of benzene rings is 1. The molecule has 0 saturated heterocycles. The Labute approximate surface area is 137 Å². The zero-order chi connectivity index (χ0) is 16.3. The lowest BCUT2D eigenvalue weighted by Gasteiger charge is -2.21. The van der Waals surface area contributed by atoms with Crippen LogP contribution in [-0.4, -0.2) is 18.5 Å². The van der Waals surface area contributed by atoms with Crippen LogP contribution in [0.25, 0.3) is 5.57 Å². The molecule has 3 heteroatoms. The molecule has 0 unspecified atom stereocenters. The van der Waals surface area contributed by atoms with Crippen molar-refractivity contribution in [3.63, 3.8) is 0 Å². The molecule has 1 aliphatic carbocycles. The topological polar surface area (TPSA) is 35.9 Å². The van der Waals surface area contributed by atoms with Gasteiger partial charge < -0.3 is 5.32 Å². The third-order valence-corrected chi connectivity index (χ3v) is 4.77. The summed E-state index contributed by atoms with van der Waals surface area (Å²) in [5, 5.41) is 13.0. The predicted molar refractivity (Wildman–Crippen MR) is 99.7 cm³/mol. The van der Waals surface area contributed by atoms with Crippen LogP contribution in [0.2, 0.25) is 0 Å². The van der Waals surface area contributed by atoms with E-state index in [1.54, 1.807) is 11.8 Å². The van der Waals surface area contributed by atoms with Crippen LogP contribution >= 0.6 is 11.8 Å². The average Bonchev–Trinajstić information content (AvgIpc) is 2.46. The number of allylic oxidation sites excluding steroid dienone is 5. The van der Waals surface area contributed by atoms with Crippen LogP contribution in [0.5, 0.6) is 0 Å². The quantitative estimate of drug-likeness (QED) is 0.840. The monoisotopic (exact) mass is 312 g/mol. The normalized spacial score (nSPS) is 16.6. The van der Waals surface area contributed by atoms with E-state index in [4.69, 9.17) is 5.41 Å². The molecule has 0 heterocycles. The smallest absolute Gasteiger partial charge is 0.0774 e. The highest BCUT2D eigenvalue weighted by Gasteiger charge is 2.20. The maximum absolute atomic E-state index is 8.67. The summed E-state index contributed by atoms with van der Waals surface area (Å²) in [6.45, 7) is 8.51. The van der Waals surface area contributed by atoms with Gasteiger partial charge in [0.15, 0.2) is 0 Å². The van der Waals surface area contributed by atoms with Crippen molar-refractivity contribution in [2.75, 3.05) is 12.8 Å². The summed E-state index contributed by atoms with van der Waals surface area (Å²) in [7, 11) is 1.92. The molecular weight excluding hydrogens is 288 g/mol. The van der Waals surface area contributed by atoms with Crippen molar-refractivity contribution < 1.29 is 0 Å². The maximum atomic E-state index is 8.67. The highest BCUT2D eigenvalue weighted by molar-refractivity contribution is 8.03. The van der Waals surface area contributed by atoms with Crippen LogP contribution in [0.15, 0.2) is 41.0 Å². The van der Waals surface area contributed by atoms with Crippen molar-refractivity contribution in [1.82, 2.24) is 5.32 Å². The Bertz CT molecular complexity index is 670. The molecular formula is C19H24N2S. The number of hydrogen-bond acceptors (Lipinski definition) is 3. The fourth-order valence-electron chi connectivity index (χ4n) is 2.98. The minimum absolute atomic E-state index is 0.600. The van der Waals surface area contributed by atoms with Crippen LogP contribution in [-0.2, 0) is 0 Å². The summed E-state index contributed by atoms with van der Waals surface area (Å²) in [4.78, 5) is 0. The predicted octanol–water partition coefficient (Wildman–Crippen LogP) is 4.77. The summed E-state index contributed by atoms with van der Waals surface area (Å²) in [6, 6.07) is 4.38. The van der Waals surface area contributed by atoms with E-state index < -0.39 is 0 Å². The standard InChI is InChI=1S/C19H24N2S/c1-6-22-19(21-5)16-9-7-8-15(18(16)20)17-13(3)10-12(2)11-14(17)4/h7-11,20-21H,6H2,1-5H3/b19-16+,20-18?. The number of thioether (sulfide) groups is 1. The lowest BCUT2D eigenvalue weighted by atomic mass is 9.86. The van der Waals surface area contributed by atoms with Gasteiger partial charge in [-0.05, 0) is 43.2 Å². The van der Waals surface area contributed by atoms with Crippen molar-refractivity contribution in [3.8, 4) is 0 Å². The molecule has 0 aliphatic heterocycles. The van der Waals surface area contributed by atoms with Gasteiger partial charge in [0.25, 0.3) is 0 Å². The van der Waals surface area contributed by atoms with E-state index in [2.05, 4.69) is 57.3 Å². The molecule has 0 aromatic heterocycles. The van der Waals surface area contributed by atoms with Gasteiger partial charge >= 0.3 is 0 Å².